The van der Waals surface area contributed by atoms with Crippen molar-refractivity contribution in [3.63, 3.8) is 0 Å². The van der Waals surface area contributed by atoms with E-state index in [-0.39, 0.29) is 17.8 Å². The van der Waals surface area contributed by atoms with Gasteiger partial charge in [-0.05, 0) is 13.5 Å². The predicted molar refractivity (Wildman–Crippen MR) is 86.1 cm³/mol. The summed E-state index contributed by atoms with van der Waals surface area (Å²) in [7, 11) is 2.08. The van der Waals surface area contributed by atoms with Crippen LogP contribution in [0.5, 0.6) is 0 Å². The number of hydrogen-bond donors (Lipinski definition) is 1. The first-order chi connectivity index (χ1) is 11.2. The van der Waals surface area contributed by atoms with Gasteiger partial charge in [0.15, 0.2) is 0 Å². The molecule has 1 aromatic heterocycles. The third kappa shape index (κ3) is 4.18. The van der Waals surface area contributed by atoms with Gasteiger partial charge in [0.05, 0.1) is 12.7 Å². The van der Waals surface area contributed by atoms with Crippen molar-refractivity contribution in [2.24, 2.45) is 0 Å². The highest BCUT2D eigenvalue weighted by Gasteiger charge is 2.18. The van der Waals surface area contributed by atoms with Crippen LogP contribution in [-0.4, -0.2) is 55.4 Å². The van der Waals surface area contributed by atoms with E-state index in [0.29, 0.717) is 12.2 Å². The van der Waals surface area contributed by atoms with E-state index < -0.39 is 0 Å². The molecule has 0 aliphatic carbocycles. The number of carbonyl (C=O) groups excluding carboxylic acids is 1. The second kappa shape index (κ2) is 7.39. The molecule has 0 saturated carbocycles. The molecule has 1 atom stereocenters. The van der Waals surface area contributed by atoms with E-state index >= 15 is 0 Å². The van der Waals surface area contributed by atoms with Crippen LogP contribution in [0.3, 0.4) is 0 Å². The third-order valence-electron chi connectivity index (χ3n) is 3.90. The highest BCUT2D eigenvalue weighted by Crippen LogP contribution is 2.18. The minimum atomic E-state index is -0.246. The number of likely N-dealkylation sites (N-methyl/N-ethyl adjacent to an activating group) is 1. The number of rotatable bonds is 5. The fraction of sp³-hybridized carbons (Fsp3) is 0.412. The lowest BCUT2D eigenvalue weighted by molar-refractivity contribution is -0.0226. The Labute approximate surface area is 135 Å². The Bertz CT molecular complexity index is 642. The minimum Gasteiger partial charge on any atom is -0.375 e. The molecule has 2 aromatic rings. The van der Waals surface area contributed by atoms with Crippen molar-refractivity contribution in [1.29, 1.82) is 0 Å². The van der Waals surface area contributed by atoms with Crippen LogP contribution in [0.2, 0.25) is 0 Å². The van der Waals surface area contributed by atoms with Gasteiger partial charge in [0.2, 0.25) is 5.76 Å². The fourth-order valence-corrected chi connectivity index (χ4v) is 2.60. The molecular weight excluding hydrogens is 294 g/mol. The lowest BCUT2D eigenvalue weighted by Crippen LogP contribution is -2.41. The van der Waals surface area contributed by atoms with Crippen LogP contribution in [0.15, 0.2) is 40.9 Å². The Balaban J connectivity index is 1.50. The van der Waals surface area contributed by atoms with Gasteiger partial charge in [-0.3, -0.25) is 4.79 Å². The molecule has 0 bridgehead atoms. The summed E-state index contributed by atoms with van der Waals surface area (Å²) in [5.41, 5.74) is 1.59. The maximum atomic E-state index is 12.1. The Morgan fingerprint density at radius 1 is 1.39 bits per heavy atom. The molecule has 23 heavy (non-hydrogen) atoms. The van der Waals surface area contributed by atoms with Crippen LogP contribution >= 0.6 is 0 Å². The summed E-state index contributed by atoms with van der Waals surface area (Å²) in [5, 5.41) is 6.80. The number of aromatic nitrogens is 1. The smallest absolute Gasteiger partial charge is 0.289 e. The molecule has 1 saturated heterocycles. The van der Waals surface area contributed by atoms with E-state index in [9.17, 15) is 4.79 Å². The van der Waals surface area contributed by atoms with E-state index in [1.165, 1.54) is 0 Å². The highest BCUT2D eigenvalue weighted by molar-refractivity contribution is 5.92. The molecule has 2 heterocycles. The van der Waals surface area contributed by atoms with E-state index in [0.717, 1.165) is 31.7 Å². The highest BCUT2D eigenvalue weighted by atomic mass is 16.5. The van der Waals surface area contributed by atoms with Crippen molar-refractivity contribution in [2.75, 3.05) is 33.3 Å². The number of benzene rings is 1. The Morgan fingerprint density at radius 3 is 3.00 bits per heavy atom. The summed E-state index contributed by atoms with van der Waals surface area (Å²) < 4.78 is 10.8. The lowest BCUT2D eigenvalue weighted by atomic mass is 10.1. The normalized spacial score (nSPS) is 18.7. The van der Waals surface area contributed by atoms with E-state index in [1.54, 1.807) is 6.07 Å². The van der Waals surface area contributed by atoms with Crippen molar-refractivity contribution in [3.8, 4) is 11.3 Å². The summed E-state index contributed by atoms with van der Waals surface area (Å²) in [6, 6.07) is 11.3. The van der Waals surface area contributed by atoms with Gasteiger partial charge in [-0.1, -0.05) is 35.5 Å². The third-order valence-corrected chi connectivity index (χ3v) is 3.90. The summed E-state index contributed by atoms with van der Waals surface area (Å²) in [6.45, 7) is 3.16. The van der Waals surface area contributed by atoms with Gasteiger partial charge in [-0.25, -0.2) is 0 Å². The zero-order valence-corrected chi connectivity index (χ0v) is 13.2. The summed E-state index contributed by atoms with van der Waals surface area (Å²) in [6.07, 6.45) is 0.958. The van der Waals surface area contributed by atoms with Crippen LogP contribution < -0.4 is 5.32 Å². The fourth-order valence-electron chi connectivity index (χ4n) is 2.60. The average Bonchev–Trinajstić information content (AvgIpc) is 3.06. The minimum absolute atomic E-state index is 0.170. The molecule has 1 aromatic carbocycles. The monoisotopic (exact) mass is 315 g/mol. The zero-order valence-electron chi connectivity index (χ0n) is 13.2. The predicted octanol–water partition coefficient (Wildman–Crippen LogP) is 1.79. The lowest BCUT2D eigenvalue weighted by Gasteiger charge is -2.29. The van der Waals surface area contributed by atoms with E-state index in [1.807, 2.05) is 30.3 Å². The number of nitrogens with zero attached hydrogens (tertiary/aromatic N) is 2. The first-order valence-corrected chi connectivity index (χ1v) is 7.83. The van der Waals surface area contributed by atoms with E-state index in [2.05, 4.69) is 22.4 Å². The molecule has 1 fully saturated rings. The van der Waals surface area contributed by atoms with Crippen molar-refractivity contribution in [3.05, 3.63) is 42.2 Å². The van der Waals surface area contributed by atoms with Gasteiger partial charge in [-0.15, -0.1) is 0 Å². The molecule has 122 valence electrons. The van der Waals surface area contributed by atoms with Crippen LogP contribution in [0, 0.1) is 0 Å². The van der Waals surface area contributed by atoms with Crippen molar-refractivity contribution >= 4 is 5.91 Å². The SMILES string of the molecule is CN1CCO[C@@H](CCNC(=O)c2cc(-c3ccccc3)no2)C1. The van der Waals surface area contributed by atoms with Gasteiger partial charge >= 0.3 is 0 Å². The molecule has 6 nitrogen and oxygen atoms in total. The molecular formula is C17H21N3O3. The van der Waals surface area contributed by atoms with Crippen LogP contribution in [0.25, 0.3) is 11.3 Å². The number of amides is 1. The van der Waals surface area contributed by atoms with Crippen LogP contribution in [-0.2, 0) is 4.74 Å². The van der Waals surface area contributed by atoms with Gasteiger partial charge in [-0.2, -0.15) is 0 Å². The van der Waals surface area contributed by atoms with Crippen molar-refractivity contribution < 1.29 is 14.1 Å². The Kier molecular flexibility index (Phi) is 5.05. The summed E-state index contributed by atoms with van der Waals surface area (Å²) in [4.78, 5) is 14.3. The molecule has 1 amide bonds. The molecule has 0 spiro atoms. The number of ether oxygens (including phenoxy) is 1. The Morgan fingerprint density at radius 2 is 2.22 bits per heavy atom. The van der Waals surface area contributed by atoms with E-state index in [4.69, 9.17) is 9.26 Å². The first-order valence-electron chi connectivity index (χ1n) is 7.83. The second-order valence-corrected chi connectivity index (χ2v) is 5.74. The molecule has 1 aliphatic heterocycles. The number of nitrogens with one attached hydrogen (secondary N) is 1. The van der Waals surface area contributed by atoms with Crippen molar-refractivity contribution in [2.45, 2.75) is 12.5 Å². The molecule has 1 aliphatic rings. The zero-order chi connectivity index (χ0) is 16.1. The summed E-state index contributed by atoms with van der Waals surface area (Å²) >= 11 is 0. The molecule has 0 radical (unpaired) electrons. The van der Waals surface area contributed by atoms with Gasteiger partial charge < -0.3 is 19.5 Å². The topological polar surface area (TPSA) is 67.6 Å². The molecule has 1 N–H and O–H groups in total. The number of morpholine rings is 1. The second-order valence-electron chi connectivity index (χ2n) is 5.74. The van der Waals surface area contributed by atoms with Crippen LogP contribution in [0.1, 0.15) is 17.0 Å². The largest absolute Gasteiger partial charge is 0.375 e. The number of carbonyl (C=O) groups is 1. The van der Waals surface area contributed by atoms with Crippen molar-refractivity contribution in [1.82, 2.24) is 15.4 Å². The van der Waals surface area contributed by atoms with Gasteiger partial charge in [0.1, 0.15) is 5.69 Å². The maximum absolute atomic E-state index is 12.1. The van der Waals surface area contributed by atoms with Gasteiger partial charge in [0.25, 0.3) is 5.91 Å². The van der Waals surface area contributed by atoms with Crippen LogP contribution in [0.4, 0.5) is 0 Å². The Hall–Kier alpha value is -2.18. The quantitative estimate of drug-likeness (QED) is 0.911. The average molecular weight is 315 g/mol. The standard InChI is InChI=1S/C17H21N3O3/c1-20-9-10-22-14(12-20)7-8-18-17(21)16-11-15(19-23-16)13-5-3-2-4-6-13/h2-6,11,14H,7-10,12H2,1H3,(H,18,21)/t14-/m0/s1. The molecule has 0 unspecified atom stereocenters. The molecule has 3 rings (SSSR count). The number of hydrogen-bond acceptors (Lipinski definition) is 5. The van der Waals surface area contributed by atoms with Gasteiger partial charge in [0, 0.05) is 31.3 Å². The maximum Gasteiger partial charge on any atom is 0.289 e. The summed E-state index contributed by atoms with van der Waals surface area (Å²) in [5.74, 6) is -0.0191. The molecule has 6 heteroatoms. The first kappa shape index (κ1) is 15.7.